The lowest BCUT2D eigenvalue weighted by Crippen LogP contribution is -2.08. The second kappa shape index (κ2) is 3.71. The second-order valence-corrected chi connectivity index (χ2v) is 5.00. The first kappa shape index (κ1) is 11.0. The summed E-state index contributed by atoms with van der Waals surface area (Å²) in [5.41, 5.74) is 2.68. The van der Waals surface area contributed by atoms with E-state index < -0.39 is 0 Å². The minimum Gasteiger partial charge on any atom is -0.498 e. The molecule has 0 aliphatic heterocycles. The van der Waals surface area contributed by atoms with Crippen LogP contribution in [0, 0.1) is 6.92 Å². The maximum absolute atomic E-state index is 11.4. The number of nitrogens with zero attached hydrogens (tertiary/aromatic N) is 2. The van der Waals surface area contributed by atoms with Crippen molar-refractivity contribution in [3.05, 3.63) is 34.4 Å². The number of aryl methyl sites for hydroxylation is 2. The van der Waals surface area contributed by atoms with Gasteiger partial charge in [-0.05, 0) is 25.1 Å². The fourth-order valence-corrected chi connectivity index (χ4v) is 2.58. The summed E-state index contributed by atoms with van der Waals surface area (Å²) in [4.78, 5) is 15.6. The molecule has 0 aliphatic carbocycles. The van der Waals surface area contributed by atoms with Gasteiger partial charge in [-0.2, -0.15) is 0 Å². The Hall–Kier alpha value is -2.08. The molecule has 2 aromatic heterocycles. The molecule has 0 bridgehead atoms. The summed E-state index contributed by atoms with van der Waals surface area (Å²) in [5.74, 6) is -0.389. The third-order valence-electron chi connectivity index (χ3n) is 2.81. The predicted molar refractivity (Wildman–Crippen MR) is 69.0 cm³/mol. The molecule has 6 heteroatoms. The first-order chi connectivity index (χ1) is 8.56. The van der Waals surface area contributed by atoms with Gasteiger partial charge in [0, 0.05) is 12.6 Å². The third kappa shape index (κ3) is 1.53. The van der Waals surface area contributed by atoms with Crippen LogP contribution in [0.4, 0.5) is 0 Å². The molecule has 0 saturated heterocycles. The van der Waals surface area contributed by atoms with Gasteiger partial charge in [-0.15, -0.1) is 0 Å². The maximum atomic E-state index is 11.4. The van der Waals surface area contributed by atoms with Crippen LogP contribution in [0.5, 0.6) is 5.06 Å². The van der Waals surface area contributed by atoms with Crippen LogP contribution in [-0.2, 0) is 7.05 Å². The molecule has 0 unspecified atom stereocenters. The highest BCUT2D eigenvalue weighted by Crippen LogP contribution is 2.33. The Bertz CT molecular complexity index is 778. The normalized spacial score (nSPS) is 11.2. The Morgan fingerprint density at radius 1 is 1.44 bits per heavy atom. The van der Waals surface area contributed by atoms with Crippen molar-refractivity contribution in [2.75, 3.05) is 0 Å². The van der Waals surface area contributed by atoms with Gasteiger partial charge in [0.05, 0.1) is 11.2 Å². The van der Waals surface area contributed by atoms with Crippen molar-refractivity contribution in [1.82, 2.24) is 9.55 Å². The molecule has 0 amide bonds. The topological polar surface area (TPSA) is 68.3 Å². The summed E-state index contributed by atoms with van der Waals surface area (Å²) < 4.78 is 6.57. The number of aromatic nitrogens is 2. The fourth-order valence-electron chi connectivity index (χ4n) is 1.78. The van der Waals surface area contributed by atoms with Crippen LogP contribution in [-0.4, -0.2) is 14.7 Å². The molecule has 0 fully saturated rings. The quantitative estimate of drug-likeness (QED) is 0.730. The largest absolute Gasteiger partial charge is 0.498 e. The van der Waals surface area contributed by atoms with Gasteiger partial charge in [0.25, 0.3) is 0 Å². The van der Waals surface area contributed by atoms with Crippen LogP contribution >= 0.6 is 11.3 Å². The number of hydrogen-bond acceptors (Lipinski definition) is 5. The van der Waals surface area contributed by atoms with Gasteiger partial charge in [0.1, 0.15) is 5.01 Å². The van der Waals surface area contributed by atoms with Gasteiger partial charge < -0.3 is 9.52 Å². The summed E-state index contributed by atoms with van der Waals surface area (Å²) >= 11 is 1.20. The first-order valence-corrected chi connectivity index (χ1v) is 6.14. The van der Waals surface area contributed by atoms with Crippen LogP contribution in [0.2, 0.25) is 0 Å². The van der Waals surface area contributed by atoms with Gasteiger partial charge in [-0.1, -0.05) is 11.3 Å². The molecule has 0 aliphatic rings. The predicted octanol–water partition coefficient (Wildman–Crippen LogP) is 2.27. The number of benzene rings is 1. The first-order valence-electron chi connectivity index (χ1n) is 5.32. The molecule has 3 aromatic rings. The second-order valence-electron chi connectivity index (χ2n) is 4.02. The highest BCUT2D eigenvalue weighted by Gasteiger charge is 2.11. The van der Waals surface area contributed by atoms with E-state index in [0.717, 1.165) is 11.1 Å². The summed E-state index contributed by atoms with van der Waals surface area (Å²) in [6.07, 6.45) is 0. The van der Waals surface area contributed by atoms with Crippen molar-refractivity contribution in [1.29, 1.82) is 0 Å². The Kier molecular flexibility index (Phi) is 2.27. The average Bonchev–Trinajstić information content (AvgIpc) is 2.81. The monoisotopic (exact) mass is 262 g/mol. The Labute approximate surface area is 106 Å². The number of oxazole rings is 1. The Morgan fingerprint density at radius 2 is 2.22 bits per heavy atom. The van der Waals surface area contributed by atoms with E-state index in [-0.39, 0.29) is 10.8 Å². The molecule has 92 valence electrons. The van der Waals surface area contributed by atoms with Crippen molar-refractivity contribution in [2.24, 2.45) is 7.05 Å². The summed E-state index contributed by atoms with van der Waals surface area (Å²) in [7, 11) is 1.66. The average molecular weight is 262 g/mol. The number of fused-ring (bicyclic) bond motifs is 1. The van der Waals surface area contributed by atoms with E-state index in [2.05, 4.69) is 4.98 Å². The van der Waals surface area contributed by atoms with Crippen molar-refractivity contribution in [3.8, 4) is 15.6 Å². The van der Waals surface area contributed by atoms with Crippen LogP contribution in [0.1, 0.15) is 5.69 Å². The summed E-state index contributed by atoms with van der Waals surface area (Å²) in [6.45, 7) is 1.75. The minimum atomic E-state index is -0.389. The standard InChI is InChI=1S/C12H10N2O3S/c1-6-11(15)18-10(13-6)7-3-4-8-9(5-7)17-12(16)14(8)2/h3-5,15H,1-2H3. The van der Waals surface area contributed by atoms with Crippen molar-refractivity contribution < 1.29 is 9.52 Å². The molecular weight excluding hydrogens is 252 g/mol. The van der Waals surface area contributed by atoms with Crippen LogP contribution in [0.15, 0.2) is 27.4 Å². The molecule has 18 heavy (non-hydrogen) atoms. The molecular formula is C12H10N2O3S. The zero-order valence-corrected chi connectivity index (χ0v) is 10.6. The van der Waals surface area contributed by atoms with E-state index in [4.69, 9.17) is 4.42 Å². The van der Waals surface area contributed by atoms with Gasteiger partial charge >= 0.3 is 5.76 Å². The fraction of sp³-hybridized carbons (Fsp3) is 0.167. The minimum absolute atomic E-state index is 0.208. The zero-order valence-electron chi connectivity index (χ0n) is 9.80. The highest BCUT2D eigenvalue weighted by atomic mass is 32.1. The van der Waals surface area contributed by atoms with Gasteiger partial charge in [0.2, 0.25) is 0 Å². The third-order valence-corrected chi connectivity index (χ3v) is 3.82. The molecule has 1 aromatic carbocycles. The lowest BCUT2D eigenvalue weighted by molar-refractivity contribution is 0.485. The Balaban J connectivity index is 2.22. The molecule has 1 N–H and O–H groups in total. The van der Waals surface area contributed by atoms with E-state index >= 15 is 0 Å². The van der Waals surface area contributed by atoms with Gasteiger partial charge in [-0.3, -0.25) is 4.57 Å². The molecule has 2 heterocycles. The molecule has 0 radical (unpaired) electrons. The molecule has 0 saturated carbocycles. The summed E-state index contributed by atoms with van der Waals surface area (Å²) in [5, 5.41) is 10.5. The van der Waals surface area contributed by atoms with E-state index in [1.165, 1.54) is 15.9 Å². The summed E-state index contributed by atoms with van der Waals surface area (Å²) in [6, 6.07) is 5.42. The van der Waals surface area contributed by atoms with Crippen molar-refractivity contribution in [3.63, 3.8) is 0 Å². The SMILES string of the molecule is Cc1nc(-c2ccc3c(c2)oc(=O)n3C)sc1O. The van der Waals surface area contributed by atoms with Crippen molar-refractivity contribution >= 4 is 22.4 Å². The van der Waals surface area contributed by atoms with E-state index in [1.54, 1.807) is 20.0 Å². The van der Waals surface area contributed by atoms with Crippen LogP contribution < -0.4 is 5.76 Å². The molecule has 5 nitrogen and oxygen atoms in total. The van der Waals surface area contributed by atoms with E-state index in [1.807, 2.05) is 12.1 Å². The zero-order chi connectivity index (χ0) is 12.9. The van der Waals surface area contributed by atoms with Crippen LogP contribution in [0.3, 0.4) is 0 Å². The van der Waals surface area contributed by atoms with Crippen LogP contribution in [0.25, 0.3) is 21.7 Å². The molecule has 0 spiro atoms. The number of aromatic hydroxyl groups is 1. The molecule has 0 atom stereocenters. The van der Waals surface area contributed by atoms with Gasteiger partial charge in [0.15, 0.2) is 10.6 Å². The number of thiazole rings is 1. The smallest absolute Gasteiger partial charge is 0.419 e. The highest BCUT2D eigenvalue weighted by molar-refractivity contribution is 7.16. The Morgan fingerprint density at radius 3 is 2.89 bits per heavy atom. The van der Waals surface area contributed by atoms with Crippen molar-refractivity contribution in [2.45, 2.75) is 6.92 Å². The maximum Gasteiger partial charge on any atom is 0.419 e. The lowest BCUT2D eigenvalue weighted by Gasteiger charge is -1.96. The lowest BCUT2D eigenvalue weighted by atomic mass is 10.2. The number of rotatable bonds is 1. The van der Waals surface area contributed by atoms with Gasteiger partial charge in [-0.25, -0.2) is 9.78 Å². The number of hydrogen-bond donors (Lipinski definition) is 1. The van der Waals surface area contributed by atoms with E-state index in [9.17, 15) is 9.90 Å². The van der Waals surface area contributed by atoms with E-state index in [0.29, 0.717) is 16.3 Å². The molecule has 3 rings (SSSR count).